The number of rotatable bonds is 5. The van der Waals surface area contributed by atoms with E-state index in [0.717, 1.165) is 0 Å². The van der Waals surface area contributed by atoms with Crippen molar-refractivity contribution in [3.05, 3.63) is 23.4 Å². The molecule has 0 radical (unpaired) electrons. The van der Waals surface area contributed by atoms with E-state index in [4.69, 9.17) is 16.3 Å². The summed E-state index contributed by atoms with van der Waals surface area (Å²) in [5.74, 6) is -0.686. The molecule has 11 heteroatoms. The molecule has 1 aromatic rings. The third-order valence-electron chi connectivity index (χ3n) is 4.37. The van der Waals surface area contributed by atoms with Gasteiger partial charge in [-0.25, -0.2) is 22.5 Å². The summed E-state index contributed by atoms with van der Waals surface area (Å²) in [6.07, 6.45) is 2.33. The molecule has 3 rings (SSSR count). The van der Waals surface area contributed by atoms with Crippen LogP contribution >= 0.6 is 11.6 Å². The van der Waals surface area contributed by atoms with Gasteiger partial charge in [0.25, 0.3) is 5.91 Å². The van der Waals surface area contributed by atoms with Crippen LogP contribution in [-0.2, 0) is 14.8 Å². The van der Waals surface area contributed by atoms with Gasteiger partial charge in [0, 0.05) is 25.4 Å². The first-order chi connectivity index (χ1) is 12.2. The molecule has 26 heavy (non-hydrogen) atoms. The Kier molecular flexibility index (Phi) is 5.09. The van der Waals surface area contributed by atoms with E-state index in [-0.39, 0.29) is 19.2 Å². The van der Waals surface area contributed by atoms with Gasteiger partial charge < -0.3 is 10.1 Å². The van der Waals surface area contributed by atoms with Crippen molar-refractivity contribution in [2.45, 2.75) is 31.4 Å². The Labute approximate surface area is 156 Å². The molecule has 0 aromatic carbocycles. The fourth-order valence-electron chi connectivity index (χ4n) is 2.97. The number of carbonyl (C=O) groups is 2. The van der Waals surface area contributed by atoms with Crippen LogP contribution in [0.2, 0.25) is 5.02 Å². The lowest BCUT2D eigenvalue weighted by Crippen LogP contribution is -2.53. The molecule has 2 aliphatic heterocycles. The summed E-state index contributed by atoms with van der Waals surface area (Å²) in [4.78, 5) is 27.2. The lowest BCUT2D eigenvalue weighted by atomic mass is 10.1. The Morgan fingerprint density at radius 3 is 2.58 bits per heavy atom. The number of carbonyl (C=O) groups excluding carboxylic acids is 2. The van der Waals surface area contributed by atoms with Gasteiger partial charge in [0.1, 0.15) is 11.6 Å². The van der Waals surface area contributed by atoms with E-state index >= 15 is 0 Å². The van der Waals surface area contributed by atoms with Crippen molar-refractivity contribution in [1.29, 1.82) is 0 Å². The zero-order chi connectivity index (χ0) is 18.9. The average molecular weight is 403 g/mol. The fourth-order valence-corrected chi connectivity index (χ4v) is 4.96. The predicted molar refractivity (Wildman–Crippen MR) is 93.3 cm³/mol. The van der Waals surface area contributed by atoms with Crippen molar-refractivity contribution < 1.29 is 22.7 Å². The first-order valence-corrected chi connectivity index (χ1v) is 10.1. The number of halogens is 1. The van der Waals surface area contributed by atoms with Gasteiger partial charge in [-0.3, -0.25) is 10.1 Å². The van der Waals surface area contributed by atoms with Gasteiger partial charge in [-0.2, -0.15) is 0 Å². The van der Waals surface area contributed by atoms with Crippen molar-refractivity contribution in [1.82, 2.24) is 19.9 Å². The first kappa shape index (κ1) is 18.9. The van der Waals surface area contributed by atoms with Crippen LogP contribution in [0.1, 0.15) is 19.8 Å². The van der Waals surface area contributed by atoms with Gasteiger partial charge in [-0.15, -0.1) is 0 Å². The smallest absolute Gasteiger partial charge is 0.322 e. The highest BCUT2D eigenvalue weighted by molar-refractivity contribution is 7.89. The summed E-state index contributed by atoms with van der Waals surface area (Å²) in [5.41, 5.74) is -1.46. The maximum absolute atomic E-state index is 12.6. The zero-order valence-electron chi connectivity index (χ0n) is 14.1. The number of sulfonamides is 1. The van der Waals surface area contributed by atoms with Gasteiger partial charge in [0.05, 0.1) is 10.8 Å². The molecule has 0 bridgehead atoms. The molecule has 3 amide bonds. The number of piperidine rings is 1. The first-order valence-electron chi connectivity index (χ1n) is 8.08. The number of hydrogen-bond donors (Lipinski definition) is 2. The standard InChI is InChI=1S/C15H19ClN4O5S/c1-15(13(21)18-14(22)19-15)9-26(23,24)20-6-4-11(5-7-20)25-12-3-2-10(16)8-17-12/h2-3,8,11H,4-7,9H2,1H3,(H2,18,19,21,22)/t15-/m1/s1. The third-order valence-corrected chi connectivity index (χ3v) is 6.69. The van der Waals surface area contributed by atoms with Gasteiger partial charge in [0.15, 0.2) is 0 Å². The van der Waals surface area contributed by atoms with Crippen LogP contribution in [0.15, 0.2) is 18.3 Å². The van der Waals surface area contributed by atoms with E-state index in [0.29, 0.717) is 23.7 Å². The van der Waals surface area contributed by atoms with Crippen LogP contribution in [0.25, 0.3) is 0 Å². The quantitative estimate of drug-likeness (QED) is 0.693. The molecule has 2 N–H and O–H groups in total. The lowest BCUT2D eigenvalue weighted by Gasteiger charge is -2.33. The van der Waals surface area contributed by atoms with Gasteiger partial charge in [-0.1, -0.05) is 11.6 Å². The van der Waals surface area contributed by atoms with Crippen molar-refractivity contribution in [3.8, 4) is 5.88 Å². The number of amides is 3. The molecule has 2 fully saturated rings. The average Bonchev–Trinajstić information content (AvgIpc) is 2.81. The van der Waals surface area contributed by atoms with Crippen LogP contribution < -0.4 is 15.4 Å². The van der Waals surface area contributed by atoms with Crippen LogP contribution in [0.3, 0.4) is 0 Å². The van der Waals surface area contributed by atoms with Crippen LogP contribution in [0.5, 0.6) is 5.88 Å². The number of ether oxygens (including phenoxy) is 1. The Morgan fingerprint density at radius 2 is 2.04 bits per heavy atom. The normalized spacial score (nSPS) is 25.0. The van der Waals surface area contributed by atoms with Crippen LogP contribution in [0.4, 0.5) is 4.79 Å². The fraction of sp³-hybridized carbons (Fsp3) is 0.533. The van der Waals surface area contributed by atoms with E-state index in [1.54, 1.807) is 12.1 Å². The SMILES string of the molecule is C[C@]1(CS(=O)(=O)N2CCC(Oc3ccc(Cl)cn3)CC2)NC(=O)NC1=O. The topological polar surface area (TPSA) is 118 Å². The summed E-state index contributed by atoms with van der Waals surface area (Å²) in [5, 5.41) is 4.94. The molecule has 0 aliphatic carbocycles. The van der Waals surface area contributed by atoms with Gasteiger partial charge >= 0.3 is 6.03 Å². The molecule has 142 valence electrons. The molecule has 9 nitrogen and oxygen atoms in total. The monoisotopic (exact) mass is 402 g/mol. The van der Waals surface area contributed by atoms with E-state index in [2.05, 4.69) is 15.6 Å². The Morgan fingerprint density at radius 1 is 1.35 bits per heavy atom. The van der Waals surface area contributed by atoms with Crippen molar-refractivity contribution in [3.63, 3.8) is 0 Å². The highest BCUT2D eigenvalue weighted by atomic mass is 35.5. The number of pyridine rings is 1. The van der Waals surface area contributed by atoms with E-state index in [1.807, 2.05) is 0 Å². The predicted octanol–water partition coefficient (Wildman–Crippen LogP) is 0.506. The second kappa shape index (κ2) is 7.01. The second-order valence-corrected chi connectivity index (χ2v) is 8.93. The van der Waals surface area contributed by atoms with E-state index in [9.17, 15) is 18.0 Å². The number of aromatic nitrogens is 1. The highest BCUT2D eigenvalue weighted by Gasteiger charge is 2.46. The minimum absolute atomic E-state index is 0.153. The number of nitrogens with zero attached hydrogens (tertiary/aromatic N) is 2. The summed E-state index contributed by atoms with van der Waals surface area (Å²) in [6.45, 7) is 1.94. The maximum Gasteiger partial charge on any atom is 0.322 e. The number of nitrogens with one attached hydrogen (secondary N) is 2. The molecule has 1 atom stereocenters. The molecule has 2 saturated heterocycles. The number of urea groups is 1. The van der Waals surface area contributed by atoms with Crippen LogP contribution in [0, 0.1) is 0 Å². The third kappa shape index (κ3) is 4.08. The Balaban J connectivity index is 1.57. The van der Waals surface area contributed by atoms with Crippen LogP contribution in [-0.4, -0.2) is 60.1 Å². The summed E-state index contributed by atoms with van der Waals surface area (Å²) >= 11 is 5.78. The van der Waals surface area contributed by atoms with Crippen molar-refractivity contribution >= 4 is 33.6 Å². The molecule has 3 heterocycles. The highest BCUT2D eigenvalue weighted by Crippen LogP contribution is 2.22. The lowest BCUT2D eigenvalue weighted by molar-refractivity contribution is -0.122. The maximum atomic E-state index is 12.6. The molecular weight excluding hydrogens is 384 g/mol. The number of hydrogen-bond acceptors (Lipinski definition) is 6. The molecular formula is C15H19ClN4O5S. The van der Waals surface area contributed by atoms with Crippen molar-refractivity contribution in [2.75, 3.05) is 18.8 Å². The van der Waals surface area contributed by atoms with Gasteiger partial charge in [-0.05, 0) is 25.8 Å². The minimum Gasteiger partial charge on any atom is -0.474 e. The molecule has 1 aromatic heterocycles. The molecule has 0 spiro atoms. The largest absolute Gasteiger partial charge is 0.474 e. The Hall–Kier alpha value is -1.91. The van der Waals surface area contributed by atoms with Crippen molar-refractivity contribution in [2.24, 2.45) is 0 Å². The summed E-state index contributed by atoms with van der Waals surface area (Å²) in [7, 11) is -3.71. The number of imide groups is 1. The Bertz CT molecular complexity index is 808. The molecule has 0 saturated carbocycles. The van der Waals surface area contributed by atoms with E-state index < -0.39 is 33.3 Å². The molecule has 2 aliphatic rings. The zero-order valence-corrected chi connectivity index (χ0v) is 15.6. The molecule has 0 unspecified atom stereocenters. The second-order valence-electron chi connectivity index (χ2n) is 6.53. The van der Waals surface area contributed by atoms with Gasteiger partial charge in [0.2, 0.25) is 15.9 Å². The van der Waals surface area contributed by atoms with E-state index in [1.165, 1.54) is 17.4 Å². The summed E-state index contributed by atoms with van der Waals surface area (Å²) in [6, 6.07) is 2.65. The minimum atomic E-state index is -3.71. The summed E-state index contributed by atoms with van der Waals surface area (Å²) < 4.78 is 32.3.